The zero-order valence-electron chi connectivity index (χ0n) is 15.6. The van der Waals surface area contributed by atoms with Gasteiger partial charge in [0.2, 0.25) is 11.8 Å². The molecule has 2 aliphatic heterocycles. The van der Waals surface area contributed by atoms with Gasteiger partial charge in [-0.25, -0.2) is 0 Å². The second kappa shape index (κ2) is 7.39. The molecule has 140 valence electrons. The minimum absolute atomic E-state index is 0.144. The molecule has 0 radical (unpaired) electrons. The summed E-state index contributed by atoms with van der Waals surface area (Å²) >= 11 is 0. The molecule has 2 amide bonds. The van der Waals surface area contributed by atoms with Gasteiger partial charge in [-0.3, -0.25) is 9.59 Å². The van der Waals surface area contributed by atoms with Crippen molar-refractivity contribution in [3.8, 4) is 0 Å². The standard InChI is InChI=1S/C21H29N3O2/c1-15-14-16-6-2-5-9-19(16)24(15)21(26)18-8-4-3-7-17(18)20(25)23-12-10-22-11-13-23/h2,5-6,9,15,17-18,22H,3-4,7-8,10-14H2,1H3. The molecule has 0 bridgehead atoms. The number of nitrogens with zero attached hydrogens (tertiary/aromatic N) is 2. The van der Waals surface area contributed by atoms with Crippen LogP contribution in [-0.4, -0.2) is 48.9 Å². The van der Waals surface area contributed by atoms with Crippen molar-refractivity contribution in [1.29, 1.82) is 0 Å². The summed E-state index contributed by atoms with van der Waals surface area (Å²) in [4.78, 5) is 30.6. The lowest BCUT2D eigenvalue weighted by Crippen LogP contribution is -2.52. The molecule has 0 aromatic heterocycles. The molecule has 26 heavy (non-hydrogen) atoms. The molecule has 3 atom stereocenters. The van der Waals surface area contributed by atoms with Crippen molar-refractivity contribution in [3.63, 3.8) is 0 Å². The predicted octanol–water partition coefficient (Wildman–Crippen LogP) is 2.20. The van der Waals surface area contributed by atoms with Gasteiger partial charge in [-0.2, -0.15) is 0 Å². The Bertz CT molecular complexity index is 684. The molecular formula is C21H29N3O2. The fourth-order valence-corrected chi connectivity index (χ4v) is 4.92. The number of benzene rings is 1. The van der Waals surface area contributed by atoms with E-state index in [4.69, 9.17) is 0 Å². The maximum atomic E-state index is 13.5. The van der Waals surface area contributed by atoms with E-state index in [2.05, 4.69) is 18.3 Å². The van der Waals surface area contributed by atoms with Crippen molar-refractivity contribution in [1.82, 2.24) is 10.2 Å². The van der Waals surface area contributed by atoms with Gasteiger partial charge >= 0.3 is 0 Å². The Morgan fingerprint density at radius 1 is 1.00 bits per heavy atom. The van der Waals surface area contributed by atoms with Crippen molar-refractivity contribution in [2.45, 2.75) is 45.1 Å². The van der Waals surface area contributed by atoms with E-state index in [9.17, 15) is 9.59 Å². The summed E-state index contributed by atoms with van der Waals surface area (Å²) in [6.45, 7) is 5.35. The Balaban J connectivity index is 1.56. The molecule has 1 aromatic rings. The van der Waals surface area contributed by atoms with Gasteiger partial charge < -0.3 is 15.1 Å². The van der Waals surface area contributed by atoms with E-state index in [-0.39, 0.29) is 29.7 Å². The quantitative estimate of drug-likeness (QED) is 0.885. The SMILES string of the molecule is CC1Cc2ccccc2N1C(=O)C1CCCCC1C(=O)N1CCNCC1. The van der Waals surface area contributed by atoms with E-state index in [1.807, 2.05) is 28.0 Å². The molecule has 2 fully saturated rings. The molecule has 1 aliphatic carbocycles. The van der Waals surface area contributed by atoms with Gasteiger partial charge in [0.1, 0.15) is 0 Å². The third-order valence-electron chi connectivity index (χ3n) is 6.27. The average Bonchev–Trinajstić information content (AvgIpc) is 3.03. The summed E-state index contributed by atoms with van der Waals surface area (Å²) < 4.78 is 0. The predicted molar refractivity (Wildman–Crippen MR) is 102 cm³/mol. The van der Waals surface area contributed by atoms with E-state index >= 15 is 0 Å². The average molecular weight is 355 g/mol. The van der Waals surface area contributed by atoms with Crippen LogP contribution in [0.1, 0.15) is 38.2 Å². The molecule has 4 rings (SSSR count). The lowest BCUT2D eigenvalue weighted by atomic mass is 9.77. The van der Waals surface area contributed by atoms with Crippen LogP contribution >= 0.6 is 0 Å². The highest BCUT2D eigenvalue weighted by molar-refractivity contribution is 6.00. The van der Waals surface area contributed by atoms with E-state index < -0.39 is 0 Å². The number of carbonyl (C=O) groups excluding carboxylic acids is 2. The summed E-state index contributed by atoms with van der Waals surface area (Å²) in [5.41, 5.74) is 2.29. The smallest absolute Gasteiger partial charge is 0.231 e. The highest BCUT2D eigenvalue weighted by Crippen LogP contribution is 2.38. The van der Waals surface area contributed by atoms with Crippen LogP contribution < -0.4 is 10.2 Å². The van der Waals surface area contributed by atoms with Crippen molar-refractivity contribution in [3.05, 3.63) is 29.8 Å². The molecule has 0 spiro atoms. The number of rotatable bonds is 2. The van der Waals surface area contributed by atoms with Crippen molar-refractivity contribution in [2.24, 2.45) is 11.8 Å². The number of para-hydroxylation sites is 1. The lowest BCUT2D eigenvalue weighted by molar-refractivity contribution is -0.143. The van der Waals surface area contributed by atoms with Crippen LogP contribution in [-0.2, 0) is 16.0 Å². The first-order valence-corrected chi connectivity index (χ1v) is 10.1. The number of piperazine rings is 1. The molecule has 3 unspecified atom stereocenters. The van der Waals surface area contributed by atoms with Crippen LogP contribution in [0.4, 0.5) is 5.69 Å². The molecule has 1 N–H and O–H groups in total. The summed E-state index contributed by atoms with van der Waals surface area (Å²) in [6.07, 6.45) is 4.70. The Morgan fingerprint density at radius 3 is 2.38 bits per heavy atom. The summed E-state index contributed by atoms with van der Waals surface area (Å²) in [5.74, 6) is 0.0503. The highest BCUT2D eigenvalue weighted by Gasteiger charge is 2.42. The first kappa shape index (κ1) is 17.5. The summed E-state index contributed by atoms with van der Waals surface area (Å²) in [7, 11) is 0. The van der Waals surface area contributed by atoms with Gasteiger partial charge in [-0.15, -0.1) is 0 Å². The number of hydrogen-bond donors (Lipinski definition) is 1. The van der Waals surface area contributed by atoms with Crippen molar-refractivity contribution in [2.75, 3.05) is 31.1 Å². The molecule has 2 heterocycles. The van der Waals surface area contributed by atoms with Crippen LogP contribution in [0.25, 0.3) is 0 Å². The summed E-state index contributed by atoms with van der Waals surface area (Å²) in [5, 5.41) is 3.30. The highest BCUT2D eigenvalue weighted by atomic mass is 16.2. The number of hydrogen-bond acceptors (Lipinski definition) is 3. The zero-order chi connectivity index (χ0) is 18.1. The Labute approximate surface area is 155 Å². The van der Waals surface area contributed by atoms with Crippen LogP contribution in [0.5, 0.6) is 0 Å². The van der Waals surface area contributed by atoms with Crippen molar-refractivity contribution < 1.29 is 9.59 Å². The minimum atomic E-state index is -0.167. The molecule has 1 saturated heterocycles. The Hall–Kier alpha value is -1.88. The Morgan fingerprint density at radius 2 is 1.65 bits per heavy atom. The molecule has 1 saturated carbocycles. The monoisotopic (exact) mass is 355 g/mol. The number of amides is 2. The first-order chi connectivity index (χ1) is 12.7. The number of carbonyl (C=O) groups is 2. The fraction of sp³-hybridized carbons (Fsp3) is 0.619. The van der Waals surface area contributed by atoms with Crippen LogP contribution in [0.15, 0.2) is 24.3 Å². The second-order valence-corrected chi connectivity index (χ2v) is 7.96. The van der Waals surface area contributed by atoms with Gasteiger partial charge in [0.15, 0.2) is 0 Å². The van der Waals surface area contributed by atoms with E-state index in [1.54, 1.807) is 0 Å². The van der Waals surface area contributed by atoms with Crippen LogP contribution in [0.3, 0.4) is 0 Å². The third kappa shape index (κ3) is 3.13. The molecule has 5 nitrogen and oxygen atoms in total. The molecule has 5 heteroatoms. The van der Waals surface area contributed by atoms with Crippen LogP contribution in [0.2, 0.25) is 0 Å². The van der Waals surface area contributed by atoms with Gasteiger partial charge in [0, 0.05) is 43.8 Å². The number of nitrogens with one attached hydrogen (secondary N) is 1. The van der Waals surface area contributed by atoms with Gasteiger partial charge in [0.25, 0.3) is 0 Å². The maximum Gasteiger partial charge on any atom is 0.231 e. The van der Waals surface area contributed by atoms with Crippen LogP contribution in [0, 0.1) is 11.8 Å². The number of fused-ring (bicyclic) bond motifs is 1. The summed E-state index contributed by atoms with van der Waals surface area (Å²) in [6, 6.07) is 8.38. The van der Waals surface area contributed by atoms with Gasteiger partial charge in [-0.05, 0) is 37.8 Å². The molecule has 3 aliphatic rings. The fourth-order valence-electron chi connectivity index (χ4n) is 4.92. The number of anilines is 1. The molecule has 1 aromatic carbocycles. The van der Waals surface area contributed by atoms with Gasteiger partial charge in [0.05, 0.1) is 5.92 Å². The zero-order valence-corrected chi connectivity index (χ0v) is 15.6. The minimum Gasteiger partial charge on any atom is -0.340 e. The van der Waals surface area contributed by atoms with Crippen molar-refractivity contribution >= 4 is 17.5 Å². The van der Waals surface area contributed by atoms with E-state index in [1.165, 1.54) is 5.56 Å². The van der Waals surface area contributed by atoms with E-state index in [0.717, 1.165) is 64.0 Å². The topological polar surface area (TPSA) is 52.7 Å². The lowest BCUT2D eigenvalue weighted by Gasteiger charge is -2.38. The second-order valence-electron chi connectivity index (χ2n) is 7.96. The van der Waals surface area contributed by atoms with Gasteiger partial charge in [-0.1, -0.05) is 31.0 Å². The maximum absolute atomic E-state index is 13.5. The third-order valence-corrected chi connectivity index (χ3v) is 6.27. The normalized spacial score (nSPS) is 28.7. The largest absolute Gasteiger partial charge is 0.340 e. The Kier molecular flexibility index (Phi) is 4.98. The molecular weight excluding hydrogens is 326 g/mol. The first-order valence-electron chi connectivity index (χ1n) is 10.1. The van der Waals surface area contributed by atoms with E-state index in [0.29, 0.717) is 0 Å².